The highest BCUT2D eigenvalue weighted by Gasteiger charge is 2.38. The van der Waals surface area contributed by atoms with Gasteiger partial charge in [-0.25, -0.2) is 9.97 Å². The Kier molecular flexibility index (Phi) is 4.15. The Hall–Kier alpha value is -2.43. The minimum Gasteiger partial charge on any atom is -0.339 e. The molecule has 1 aromatic carbocycles. The molecule has 5 nitrogen and oxygen atoms in total. The highest BCUT2D eigenvalue weighted by atomic mass is 16.2. The molecule has 1 saturated carbocycles. The fourth-order valence-electron chi connectivity index (χ4n) is 3.66. The minimum absolute atomic E-state index is 0.203. The lowest BCUT2D eigenvalue weighted by Crippen LogP contribution is -2.52. The molecular weight excluding hydrogens is 300 g/mol. The summed E-state index contributed by atoms with van der Waals surface area (Å²) in [7, 11) is 0. The van der Waals surface area contributed by atoms with Crippen molar-refractivity contribution in [2.45, 2.75) is 18.8 Å². The summed E-state index contributed by atoms with van der Waals surface area (Å²) in [5.74, 6) is 1.85. The van der Waals surface area contributed by atoms with Crippen molar-refractivity contribution in [3.63, 3.8) is 0 Å². The number of benzene rings is 1. The first-order valence-corrected chi connectivity index (χ1v) is 8.67. The molecule has 0 radical (unpaired) electrons. The Morgan fingerprint density at radius 2 is 1.58 bits per heavy atom. The van der Waals surface area contributed by atoms with Crippen LogP contribution in [0.15, 0.2) is 48.8 Å². The highest BCUT2D eigenvalue weighted by molar-refractivity contribution is 5.80. The predicted octanol–water partition coefficient (Wildman–Crippen LogP) is 2.32. The van der Waals surface area contributed by atoms with E-state index in [-0.39, 0.29) is 5.92 Å². The molecule has 5 heteroatoms. The van der Waals surface area contributed by atoms with Crippen LogP contribution >= 0.6 is 0 Å². The fraction of sp³-hybridized carbons (Fsp3) is 0.421. The van der Waals surface area contributed by atoms with Gasteiger partial charge in [0, 0.05) is 44.5 Å². The molecule has 1 aliphatic carbocycles. The molecule has 0 unspecified atom stereocenters. The molecule has 4 rings (SSSR count). The van der Waals surface area contributed by atoms with E-state index in [1.165, 1.54) is 5.56 Å². The van der Waals surface area contributed by atoms with Gasteiger partial charge in [-0.15, -0.1) is 0 Å². The van der Waals surface area contributed by atoms with Gasteiger partial charge in [0.1, 0.15) is 0 Å². The van der Waals surface area contributed by atoms with Crippen LogP contribution in [0.4, 0.5) is 5.95 Å². The monoisotopic (exact) mass is 322 g/mol. The Morgan fingerprint density at radius 1 is 0.917 bits per heavy atom. The molecule has 24 heavy (non-hydrogen) atoms. The molecular formula is C19H22N4O. The van der Waals surface area contributed by atoms with Crippen LogP contribution in [0.3, 0.4) is 0 Å². The van der Waals surface area contributed by atoms with Crippen molar-refractivity contribution in [3.8, 4) is 0 Å². The second-order valence-corrected chi connectivity index (χ2v) is 6.64. The van der Waals surface area contributed by atoms with Crippen LogP contribution in [0.5, 0.6) is 0 Å². The lowest BCUT2D eigenvalue weighted by Gasteiger charge is -2.41. The number of amides is 1. The number of aromatic nitrogens is 2. The summed E-state index contributed by atoms with van der Waals surface area (Å²) in [5.41, 5.74) is 1.37. The van der Waals surface area contributed by atoms with Crippen molar-refractivity contribution in [2.24, 2.45) is 5.92 Å². The molecule has 0 bridgehead atoms. The SMILES string of the molecule is O=C(C1CC(c2ccccc2)C1)N1CCN(c2ncccn2)CC1. The summed E-state index contributed by atoms with van der Waals surface area (Å²) in [4.78, 5) is 25.4. The van der Waals surface area contributed by atoms with E-state index in [0.717, 1.165) is 45.0 Å². The van der Waals surface area contributed by atoms with Crippen LogP contribution in [0.1, 0.15) is 24.3 Å². The van der Waals surface area contributed by atoms with Crippen molar-refractivity contribution in [1.82, 2.24) is 14.9 Å². The van der Waals surface area contributed by atoms with Crippen molar-refractivity contribution < 1.29 is 4.79 Å². The second-order valence-electron chi connectivity index (χ2n) is 6.64. The van der Waals surface area contributed by atoms with Crippen molar-refractivity contribution in [1.29, 1.82) is 0 Å². The standard InChI is InChI=1S/C19H22N4O/c24-18(17-13-16(14-17)15-5-2-1-3-6-15)22-9-11-23(12-10-22)19-20-7-4-8-21-19/h1-8,16-17H,9-14H2. The van der Waals surface area contributed by atoms with Crippen LogP contribution < -0.4 is 4.90 Å². The van der Waals surface area contributed by atoms with Gasteiger partial charge in [0.25, 0.3) is 0 Å². The lowest BCUT2D eigenvalue weighted by atomic mass is 9.71. The van der Waals surface area contributed by atoms with E-state index in [4.69, 9.17) is 0 Å². The molecule has 1 aliphatic heterocycles. The summed E-state index contributed by atoms with van der Waals surface area (Å²) in [5, 5.41) is 0. The van der Waals surface area contributed by atoms with Crippen LogP contribution in [-0.4, -0.2) is 47.0 Å². The number of carbonyl (C=O) groups is 1. The minimum atomic E-state index is 0.203. The molecule has 1 amide bonds. The molecule has 124 valence electrons. The maximum absolute atomic E-state index is 12.7. The van der Waals surface area contributed by atoms with E-state index >= 15 is 0 Å². The zero-order valence-electron chi connectivity index (χ0n) is 13.7. The number of nitrogens with zero attached hydrogens (tertiary/aromatic N) is 4. The van der Waals surface area contributed by atoms with Gasteiger partial charge in [-0.1, -0.05) is 30.3 Å². The lowest BCUT2D eigenvalue weighted by molar-refractivity contribution is -0.139. The zero-order chi connectivity index (χ0) is 16.4. The number of hydrogen-bond donors (Lipinski definition) is 0. The quantitative estimate of drug-likeness (QED) is 0.870. The van der Waals surface area contributed by atoms with E-state index in [9.17, 15) is 4.79 Å². The van der Waals surface area contributed by atoms with Gasteiger partial charge in [0.2, 0.25) is 11.9 Å². The molecule has 0 N–H and O–H groups in total. The Balaban J connectivity index is 1.28. The molecule has 0 atom stereocenters. The van der Waals surface area contributed by atoms with E-state index in [0.29, 0.717) is 11.8 Å². The van der Waals surface area contributed by atoms with Gasteiger partial charge >= 0.3 is 0 Å². The molecule has 2 aliphatic rings. The average molecular weight is 322 g/mol. The molecule has 2 fully saturated rings. The number of carbonyl (C=O) groups excluding carboxylic acids is 1. The first-order valence-electron chi connectivity index (χ1n) is 8.67. The summed E-state index contributed by atoms with van der Waals surface area (Å²) < 4.78 is 0. The summed E-state index contributed by atoms with van der Waals surface area (Å²) in [6.45, 7) is 3.16. The topological polar surface area (TPSA) is 49.3 Å². The first kappa shape index (κ1) is 15.1. The Labute approximate surface area is 142 Å². The first-order chi connectivity index (χ1) is 11.8. The maximum Gasteiger partial charge on any atom is 0.225 e. The van der Waals surface area contributed by atoms with Crippen LogP contribution in [0.2, 0.25) is 0 Å². The van der Waals surface area contributed by atoms with Gasteiger partial charge in [0.05, 0.1) is 0 Å². The number of piperazine rings is 1. The molecule has 2 heterocycles. The van der Waals surface area contributed by atoms with E-state index < -0.39 is 0 Å². The summed E-state index contributed by atoms with van der Waals surface area (Å²) in [6.07, 6.45) is 5.51. The maximum atomic E-state index is 12.7. The fourth-order valence-corrected chi connectivity index (χ4v) is 3.66. The largest absolute Gasteiger partial charge is 0.339 e. The van der Waals surface area contributed by atoms with E-state index in [1.54, 1.807) is 12.4 Å². The number of hydrogen-bond acceptors (Lipinski definition) is 4. The normalized spacial score (nSPS) is 23.7. The van der Waals surface area contributed by atoms with Crippen LogP contribution in [-0.2, 0) is 4.79 Å². The van der Waals surface area contributed by atoms with Crippen LogP contribution in [0, 0.1) is 5.92 Å². The van der Waals surface area contributed by atoms with Gasteiger partial charge in [-0.05, 0) is 30.4 Å². The average Bonchev–Trinajstić information content (AvgIpc) is 2.62. The van der Waals surface area contributed by atoms with Crippen molar-refractivity contribution in [2.75, 3.05) is 31.1 Å². The Bertz CT molecular complexity index is 677. The second kappa shape index (κ2) is 6.59. The van der Waals surface area contributed by atoms with Gasteiger partial charge in [-0.3, -0.25) is 4.79 Å². The van der Waals surface area contributed by atoms with Crippen molar-refractivity contribution in [3.05, 3.63) is 54.4 Å². The van der Waals surface area contributed by atoms with Crippen molar-refractivity contribution >= 4 is 11.9 Å². The number of rotatable bonds is 3. The molecule has 2 aromatic rings. The summed E-state index contributed by atoms with van der Waals surface area (Å²) in [6, 6.07) is 12.4. The highest BCUT2D eigenvalue weighted by Crippen LogP contribution is 2.42. The van der Waals surface area contributed by atoms with Gasteiger partial charge in [-0.2, -0.15) is 0 Å². The van der Waals surface area contributed by atoms with E-state index in [1.807, 2.05) is 17.0 Å². The third-order valence-corrected chi connectivity index (χ3v) is 5.18. The third-order valence-electron chi connectivity index (χ3n) is 5.18. The number of anilines is 1. The van der Waals surface area contributed by atoms with E-state index in [2.05, 4.69) is 39.1 Å². The van der Waals surface area contributed by atoms with Gasteiger partial charge < -0.3 is 9.80 Å². The third kappa shape index (κ3) is 2.98. The molecule has 1 aromatic heterocycles. The molecule has 1 saturated heterocycles. The zero-order valence-corrected chi connectivity index (χ0v) is 13.7. The Morgan fingerprint density at radius 3 is 2.25 bits per heavy atom. The van der Waals surface area contributed by atoms with Gasteiger partial charge in [0.15, 0.2) is 0 Å². The summed E-state index contributed by atoms with van der Waals surface area (Å²) >= 11 is 0. The predicted molar refractivity (Wildman–Crippen MR) is 92.7 cm³/mol. The molecule has 0 spiro atoms. The smallest absolute Gasteiger partial charge is 0.225 e. The van der Waals surface area contributed by atoms with Crippen LogP contribution in [0.25, 0.3) is 0 Å².